The van der Waals surface area contributed by atoms with E-state index in [9.17, 15) is 5.11 Å². The van der Waals surface area contributed by atoms with E-state index >= 15 is 0 Å². The van der Waals surface area contributed by atoms with E-state index < -0.39 is 5.60 Å². The van der Waals surface area contributed by atoms with Crippen LogP contribution in [0.15, 0.2) is 40.6 Å². The number of halogens is 1. The average molecular weight is 299 g/mol. The number of hydrogen-bond donors (Lipinski definition) is 1. The van der Waals surface area contributed by atoms with Gasteiger partial charge in [-0.1, -0.05) is 53.2 Å². The molecule has 0 atom stereocenters. The van der Waals surface area contributed by atoms with E-state index in [1.807, 2.05) is 37.3 Å². The minimum absolute atomic E-state index is 0.468. The van der Waals surface area contributed by atoms with Crippen LogP contribution in [0.25, 0.3) is 0 Å². The maximum atomic E-state index is 10.0. The Labute approximate surface area is 111 Å². The molecule has 0 fully saturated rings. The summed E-state index contributed by atoms with van der Waals surface area (Å²) >= 11 is 3.45. The Morgan fingerprint density at radius 2 is 1.88 bits per heavy atom. The zero-order chi connectivity index (χ0) is 12.9. The first-order valence-corrected chi connectivity index (χ1v) is 6.52. The zero-order valence-electron chi connectivity index (χ0n) is 10.5. The predicted octanol–water partition coefficient (Wildman–Crippen LogP) is 3.99. The number of rotatable bonds is 5. The maximum Gasteiger partial charge on any atom is 0.138 e. The van der Waals surface area contributed by atoms with Gasteiger partial charge >= 0.3 is 0 Å². The summed E-state index contributed by atoms with van der Waals surface area (Å²) in [6.07, 6.45) is 0.800. The van der Waals surface area contributed by atoms with Gasteiger partial charge in [0.2, 0.25) is 0 Å². The van der Waals surface area contributed by atoms with Crippen molar-refractivity contribution < 1.29 is 9.84 Å². The van der Waals surface area contributed by atoms with Gasteiger partial charge < -0.3 is 9.84 Å². The number of hydrogen-bond acceptors (Lipinski definition) is 2. The second kappa shape index (κ2) is 6.22. The highest BCUT2D eigenvalue weighted by Crippen LogP contribution is 2.27. The molecule has 0 bridgehead atoms. The Bertz CT molecular complexity index is 377. The smallest absolute Gasteiger partial charge is 0.138 e. The van der Waals surface area contributed by atoms with E-state index in [2.05, 4.69) is 15.9 Å². The van der Waals surface area contributed by atoms with Crippen LogP contribution in [-0.2, 0) is 11.3 Å². The van der Waals surface area contributed by atoms with Crippen LogP contribution in [0.4, 0.5) is 0 Å². The summed E-state index contributed by atoms with van der Waals surface area (Å²) in [5.74, 6) is 0.601. The molecule has 0 spiro atoms. The maximum absolute atomic E-state index is 10.0. The fourth-order valence-electron chi connectivity index (χ4n) is 1.48. The summed E-state index contributed by atoms with van der Waals surface area (Å²) in [6.45, 7) is 5.94. The van der Waals surface area contributed by atoms with Gasteiger partial charge in [0, 0.05) is 4.48 Å². The van der Waals surface area contributed by atoms with E-state index in [0.29, 0.717) is 12.4 Å². The third-order valence-electron chi connectivity index (χ3n) is 2.34. The highest BCUT2D eigenvalue weighted by atomic mass is 79.9. The summed E-state index contributed by atoms with van der Waals surface area (Å²) in [6, 6.07) is 9.92. The highest BCUT2D eigenvalue weighted by Gasteiger charge is 2.24. The standard InChI is InChI=1S/C14H19BrO2/c1-4-12(15)13(14(2,3)16)17-10-11-8-6-5-7-9-11/h5-9,16H,4,10H2,1-3H3/b13-12-. The van der Waals surface area contributed by atoms with Crippen molar-refractivity contribution >= 4 is 15.9 Å². The monoisotopic (exact) mass is 298 g/mol. The molecule has 17 heavy (non-hydrogen) atoms. The van der Waals surface area contributed by atoms with E-state index in [1.54, 1.807) is 13.8 Å². The Morgan fingerprint density at radius 3 is 2.35 bits per heavy atom. The Kier molecular flexibility index (Phi) is 5.22. The van der Waals surface area contributed by atoms with Crippen LogP contribution in [0.1, 0.15) is 32.8 Å². The minimum atomic E-state index is -0.969. The minimum Gasteiger partial charge on any atom is -0.489 e. The summed E-state index contributed by atoms with van der Waals surface area (Å²) in [7, 11) is 0. The first-order chi connectivity index (χ1) is 7.95. The summed E-state index contributed by atoms with van der Waals surface area (Å²) in [4.78, 5) is 0. The lowest BCUT2D eigenvalue weighted by molar-refractivity contribution is 0.0326. The van der Waals surface area contributed by atoms with Gasteiger partial charge in [-0.15, -0.1) is 0 Å². The van der Waals surface area contributed by atoms with Crippen LogP contribution in [0.5, 0.6) is 0 Å². The van der Waals surface area contributed by atoms with Crippen LogP contribution in [-0.4, -0.2) is 10.7 Å². The van der Waals surface area contributed by atoms with Gasteiger partial charge in [-0.2, -0.15) is 0 Å². The molecular weight excluding hydrogens is 280 g/mol. The van der Waals surface area contributed by atoms with Crippen molar-refractivity contribution in [2.45, 2.75) is 39.4 Å². The van der Waals surface area contributed by atoms with Crippen molar-refractivity contribution in [2.24, 2.45) is 0 Å². The quantitative estimate of drug-likeness (QED) is 0.833. The van der Waals surface area contributed by atoms with Gasteiger partial charge in [0.15, 0.2) is 0 Å². The topological polar surface area (TPSA) is 29.5 Å². The third kappa shape index (κ3) is 4.52. The zero-order valence-corrected chi connectivity index (χ0v) is 12.1. The number of ether oxygens (including phenoxy) is 1. The lowest BCUT2D eigenvalue weighted by Crippen LogP contribution is -2.24. The number of benzene rings is 1. The molecule has 0 aliphatic rings. The van der Waals surface area contributed by atoms with Crippen molar-refractivity contribution in [2.75, 3.05) is 0 Å². The molecule has 0 amide bonds. The molecule has 3 heteroatoms. The van der Waals surface area contributed by atoms with Crippen LogP contribution in [0.3, 0.4) is 0 Å². The van der Waals surface area contributed by atoms with E-state index in [-0.39, 0.29) is 0 Å². The van der Waals surface area contributed by atoms with E-state index in [4.69, 9.17) is 4.74 Å². The van der Waals surface area contributed by atoms with Crippen molar-refractivity contribution in [1.82, 2.24) is 0 Å². The molecule has 1 aromatic rings. The van der Waals surface area contributed by atoms with Crippen LogP contribution in [0, 0.1) is 0 Å². The Balaban J connectivity index is 2.77. The van der Waals surface area contributed by atoms with E-state index in [0.717, 1.165) is 16.5 Å². The summed E-state index contributed by atoms with van der Waals surface area (Å²) < 4.78 is 6.63. The molecule has 0 heterocycles. The normalized spacial score (nSPS) is 13.2. The fourth-order valence-corrected chi connectivity index (χ4v) is 2.08. The molecule has 2 nitrogen and oxygen atoms in total. The van der Waals surface area contributed by atoms with Gasteiger partial charge in [-0.3, -0.25) is 0 Å². The Hall–Kier alpha value is -0.800. The molecule has 94 valence electrons. The van der Waals surface area contributed by atoms with Gasteiger partial charge in [0.1, 0.15) is 18.0 Å². The molecule has 0 aromatic heterocycles. The second-order valence-electron chi connectivity index (χ2n) is 4.42. The SMILES string of the molecule is CC/C(Br)=C(/OCc1ccccc1)C(C)(C)O. The highest BCUT2D eigenvalue weighted by molar-refractivity contribution is 9.11. The number of aliphatic hydroxyl groups is 1. The van der Waals surface area contributed by atoms with Gasteiger partial charge in [-0.25, -0.2) is 0 Å². The predicted molar refractivity (Wildman–Crippen MR) is 73.8 cm³/mol. The molecule has 1 aromatic carbocycles. The fraction of sp³-hybridized carbons (Fsp3) is 0.429. The van der Waals surface area contributed by atoms with Crippen molar-refractivity contribution in [3.05, 3.63) is 46.1 Å². The second-order valence-corrected chi connectivity index (χ2v) is 5.38. The molecule has 1 rings (SSSR count). The third-order valence-corrected chi connectivity index (χ3v) is 3.26. The summed E-state index contributed by atoms with van der Waals surface area (Å²) in [5, 5.41) is 10.0. The molecule has 0 saturated heterocycles. The van der Waals surface area contributed by atoms with Crippen molar-refractivity contribution in [3.63, 3.8) is 0 Å². The van der Waals surface area contributed by atoms with Crippen LogP contribution >= 0.6 is 15.9 Å². The van der Waals surface area contributed by atoms with Gasteiger partial charge in [0.05, 0.1) is 0 Å². The Morgan fingerprint density at radius 1 is 1.29 bits per heavy atom. The molecule has 0 unspecified atom stereocenters. The van der Waals surface area contributed by atoms with Gasteiger partial charge in [-0.05, 0) is 25.8 Å². The molecule has 0 aliphatic heterocycles. The summed E-state index contributed by atoms with van der Waals surface area (Å²) in [5.41, 5.74) is 0.120. The van der Waals surface area contributed by atoms with E-state index in [1.165, 1.54) is 0 Å². The molecule has 1 N–H and O–H groups in total. The lowest BCUT2D eigenvalue weighted by atomic mass is 10.1. The lowest BCUT2D eigenvalue weighted by Gasteiger charge is -2.24. The van der Waals surface area contributed by atoms with Gasteiger partial charge in [0.25, 0.3) is 0 Å². The molecule has 0 saturated carbocycles. The first kappa shape index (κ1) is 14.3. The van der Waals surface area contributed by atoms with Crippen LogP contribution < -0.4 is 0 Å². The van der Waals surface area contributed by atoms with Crippen molar-refractivity contribution in [1.29, 1.82) is 0 Å². The molecular formula is C14H19BrO2. The number of allylic oxidation sites excluding steroid dienone is 1. The molecule has 0 aliphatic carbocycles. The average Bonchev–Trinajstić information content (AvgIpc) is 2.28. The largest absolute Gasteiger partial charge is 0.489 e. The first-order valence-electron chi connectivity index (χ1n) is 5.73. The van der Waals surface area contributed by atoms with Crippen molar-refractivity contribution in [3.8, 4) is 0 Å². The van der Waals surface area contributed by atoms with Crippen LogP contribution in [0.2, 0.25) is 0 Å². The molecule has 0 radical (unpaired) electrons.